The van der Waals surface area contributed by atoms with Gasteiger partial charge in [0.05, 0.1) is 15.7 Å². The first kappa shape index (κ1) is 22.2. The van der Waals surface area contributed by atoms with Gasteiger partial charge < -0.3 is 9.73 Å². The normalized spacial score (nSPS) is 11.6. The first-order valence-electron chi connectivity index (χ1n) is 10.2. The highest BCUT2D eigenvalue weighted by Crippen LogP contribution is 2.38. The number of anilines is 1. The van der Waals surface area contributed by atoms with E-state index in [0.717, 1.165) is 15.6 Å². The van der Waals surface area contributed by atoms with E-state index in [4.69, 9.17) is 39.2 Å². The number of fused-ring (bicyclic) bond motifs is 2. The number of halogens is 3. The van der Waals surface area contributed by atoms with E-state index in [2.05, 4.69) is 24.1 Å². The van der Waals surface area contributed by atoms with Crippen LogP contribution in [0.15, 0.2) is 59.0 Å². The fourth-order valence-corrected chi connectivity index (χ4v) is 5.40. The van der Waals surface area contributed by atoms with Crippen LogP contribution in [0, 0.1) is 0 Å². The van der Waals surface area contributed by atoms with Crippen LogP contribution in [0.5, 0.6) is 0 Å². The third kappa shape index (κ3) is 4.22. The predicted octanol–water partition coefficient (Wildman–Crippen LogP) is 9.05. The lowest BCUT2D eigenvalue weighted by Crippen LogP contribution is -2.11. The Morgan fingerprint density at radius 1 is 1.03 bits per heavy atom. The van der Waals surface area contributed by atoms with Crippen LogP contribution in [0.25, 0.3) is 32.6 Å². The van der Waals surface area contributed by atoms with Gasteiger partial charge in [0.15, 0.2) is 5.58 Å². The molecular weight excluding hydrogens is 499 g/mol. The molecular formula is C25H17Cl3N2O2S. The van der Waals surface area contributed by atoms with Crippen molar-refractivity contribution in [2.24, 2.45) is 0 Å². The fourth-order valence-electron chi connectivity index (χ4n) is 3.55. The van der Waals surface area contributed by atoms with Gasteiger partial charge in [-0.1, -0.05) is 60.8 Å². The minimum absolute atomic E-state index is 0.351. The van der Waals surface area contributed by atoms with Gasteiger partial charge in [0, 0.05) is 20.7 Å². The summed E-state index contributed by atoms with van der Waals surface area (Å²) in [6.45, 7) is 4.27. The second kappa shape index (κ2) is 8.65. The molecule has 1 amide bonds. The highest BCUT2D eigenvalue weighted by atomic mass is 35.5. The quantitative estimate of drug-likeness (QED) is 0.260. The van der Waals surface area contributed by atoms with Gasteiger partial charge in [0.2, 0.25) is 5.89 Å². The van der Waals surface area contributed by atoms with E-state index in [9.17, 15) is 4.79 Å². The molecule has 0 fully saturated rings. The van der Waals surface area contributed by atoms with Crippen LogP contribution in [0.3, 0.4) is 0 Å². The van der Waals surface area contributed by atoms with E-state index in [1.807, 2.05) is 18.2 Å². The summed E-state index contributed by atoms with van der Waals surface area (Å²) in [5.74, 6) is 0.492. The highest BCUT2D eigenvalue weighted by Gasteiger charge is 2.19. The second-order valence-corrected chi connectivity index (χ2v) is 10.2. The molecule has 5 rings (SSSR count). The Hall–Kier alpha value is -2.57. The number of carbonyl (C=O) groups is 1. The van der Waals surface area contributed by atoms with E-state index < -0.39 is 0 Å². The zero-order chi connectivity index (χ0) is 23.3. The molecule has 0 radical (unpaired) electrons. The lowest BCUT2D eigenvalue weighted by molar-refractivity contribution is 0.103. The maximum absolute atomic E-state index is 13.0. The van der Waals surface area contributed by atoms with Crippen molar-refractivity contribution in [1.82, 2.24) is 4.98 Å². The van der Waals surface area contributed by atoms with Gasteiger partial charge in [-0.15, -0.1) is 11.3 Å². The summed E-state index contributed by atoms with van der Waals surface area (Å²) >= 11 is 20.2. The van der Waals surface area contributed by atoms with Crippen LogP contribution in [-0.2, 0) is 0 Å². The number of aromatic nitrogens is 1. The monoisotopic (exact) mass is 514 g/mol. The van der Waals surface area contributed by atoms with Gasteiger partial charge in [-0.2, -0.15) is 0 Å². The second-order valence-electron chi connectivity index (χ2n) is 7.94. The molecule has 0 saturated carbocycles. The number of nitrogens with zero attached hydrogens (tertiary/aromatic N) is 1. The lowest BCUT2D eigenvalue weighted by atomic mass is 10.0. The maximum Gasteiger partial charge on any atom is 0.267 e. The zero-order valence-corrected chi connectivity index (χ0v) is 20.7. The number of oxazole rings is 1. The van der Waals surface area contributed by atoms with Crippen LogP contribution in [0.1, 0.15) is 35.0 Å². The summed E-state index contributed by atoms with van der Waals surface area (Å²) in [7, 11) is 0. The summed E-state index contributed by atoms with van der Waals surface area (Å²) in [6, 6.07) is 16.6. The molecule has 5 aromatic rings. The van der Waals surface area contributed by atoms with Crippen LogP contribution in [-0.4, -0.2) is 10.9 Å². The molecule has 1 N–H and O–H groups in total. The molecule has 2 aromatic heterocycles. The molecule has 0 spiro atoms. The number of hydrogen-bond donors (Lipinski definition) is 1. The topological polar surface area (TPSA) is 55.1 Å². The molecule has 0 atom stereocenters. The van der Waals surface area contributed by atoms with Crippen molar-refractivity contribution in [2.45, 2.75) is 19.8 Å². The average Bonchev–Trinajstić information content (AvgIpc) is 3.35. The third-order valence-electron chi connectivity index (χ3n) is 5.34. The third-order valence-corrected chi connectivity index (χ3v) is 7.56. The van der Waals surface area contributed by atoms with Crippen molar-refractivity contribution in [3.05, 3.63) is 80.1 Å². The Morgan fingerprint density at radius 2 is 1.85 bits per heavy atom. The number of nitrogens with one attached hydrogen (secondary N) is 1. The molecule has 0 unspecified atom stereocenters. The molecule has 0 bridgehead atoms. The summed E-state index contributed by atoms with van der Waals surface area (Å²) in [5.41, 5.74) is 3.81. The van der Waals surface area contributed by atoms with Crippen LogP contribution < -0.4 is 5.32 Å². The molecule has 8 heteroatoms. The molecule has 0 aliphatic rings. The van der Waals surface area contributed by atoms with Crippen molar-refractivity contribution >= 4 is 78.9 Å². The van der Waals surface area contributed by atoms with Crippen molar-refractivity contribution < 1.29 is 9.21 Å². The van der Waals surface area contributed by atoms with Gasteiger partial charge in [-0.25, -0.2) is 4.98 Å². The molecule has 2 heterocycles. The molecule has 166 valence electrons. The molecule has 0 aliphatic carbocycles. The molecule has 0 aliphatic heterocycles. The van der Waals surface area contributed by atoms with Gasteiger partial charge in [-0.3, -0.25) is 4.79 Å². The highest BCUT2D eigenvalue weighted by molar-refractivity contribution is 7.21. The van der Waals surface area contributed by atoms with Gasteiger partial charge >= 0.3 is 0 Å². The Kier molecular flexibility index (Phi) is 5.83. The van der Waals surface area contributed by atoms with Crippen LogP contribution in [0.2, 0.25) is 15.1 Å². The first-order valence-corrected chi connectivity index (χ1v) is 12.1. The molecule has 0 saturated heterocycles. The van der Waals surface area contributed by atoms with Crippen molar-refractivity contribution in [1.29, 1.82) is 0 Å². The summed E-state index contributed by atoms with van der Waals surface area (Å²) in [5, 5.41) is 5.01. The van der Waals surface area contributed by atoms with E-state index in [0.29, 0.717) is 48.6 Å². The number of carbonyl (C=O) groups excluding carboxylic acids is 1. The van der Waals surface area contributed by atoms with Gasteiger partial charge in [0.1, 0.15) is 10.4 Å². The van der Waals surface area contributed by atoms with E-state index >= 15 is 0 Å². The number of rotatable bonds is 4. The maximum atomic E-state index is 13.0. The minimum atomic E-state index is -0.351. The number of amides is 1. The van der Waals surface area contributed by atoms with Gasteiger partial charge in [-0.05, 0) is 53.9 Å². The molecule has 4 nitrogen and oxygen atoms in total. The first-order chi connectivity index (χ1) is 15.8. The SMILES string of the molecule is CC(C)c1ccc2oc(-c3ccc(Cl)c(NC(=O)c4sc5cc(Cl)ccc5c4Cl)c3)nc2c1. The minimum Gasteiger partial charge on any atom is -0.436 e. The van der Waals surface area contributed by atoms with Crippen molar-refractivity contribution in [3.8, 4) is 11.5 Å². The zero-order valence-electron chi connectivity index (χ0n) is 17.6. The number of benzene rings is 3. The predicted molar refractivity (Wildman–Crippen MR) is 138 cm³/mol. The van der Waals surface area contributed by atoms with E-state index in [1.165, 1.54) is 16.9 Å². The Labute approximate surface area is 209 Å². The largest absolute Gasteiger partial charge is 0.436 e. The molecule has 33 heavy (non-hydrogen) atoms. The van der Waals surface area contributed by atoms with Crippen LogP contribution >= 0.6 is 46.1 Å². The Morgan fingerprint density at radius 3 is 2.64 bits per heavy atom. The summed E-state index contributed by atoms with van der Waals surface area (Å²) in [4.78, 5) is 18.0. The Balaban J connectivity index is 1.47. The number of thiophene rings is 1. The summed E-state index contributed by atoms with van der Waals surface area (Å²) in [6.07, 6.45) is 0. The van der Waals surface area contributed by atoms with E-state index in [-0.39, 0.29) is 5.91 Å². The smallest absolute Gasteiger partial charge is 0.267 e. The summed E-state index contributed by atoms with van der Waals surface area (Å²) < 4.78 is 6.78. The van der Waals surface area contributed by atoms with Crippen molar-refractivity contribution in [2.75, 3.05) is 5.32 Å². The van der Waals surface area contributed by atoms with Gasteiger partial charge in [0.25, 0.3) is 5.91 Å². The fraction of sp³-hybridized carbons (Fsp3) is 0.120. The standard InChI is InChI=1S/C25H17Cl3N2O2S/c1-12(2)13-4-8-20-19(9-13)30-25(32-20)14-3-7-17(27)18(10-14)29-24(31)23-22(28)16-6-5-15(26)11-21(16)33-23/h3-12H,1-2H3,(H,29,31). The molecule has 3 aromatic carbocycles. The van der Waals surface area contributed by atoms with Crippen molar-refractivity contribution in [3.63, 3.8) is 0 Å². The average molecular weight is 516 g/mol. The lowest BCUT2D eigenvalue weighted by Gasteiger charge is -2.08. The Bertz CT molecular complexity index is 1540. The van der Waals surface area contributed by atoms with E-state index in [1.54, 1.807) is 36.4 Å². The van der Waals surface area contributed by atoms with Crippen LogP contribution in [0.4, 0.5) is 5.69 Å². The number of hydrogen-bond acceptors (Lipinski definition) is 4.